The van der Waals surface area contributed by atoms with Gasteiger partial charge in [-0.25, -0.2) is 0 Å². The van der Waals surface area contributed by atoms with Crippen molar-refractivity contribution in [2.75, 3.05) is 0 Å². The van der Waals surface area contributed by atoms with Crippen LogP contribution in [0.5, 0.6) is 0 Å². The molecule has 0 heterocycles. The van der Waals surface area contributed by atoms with Gasteiger partial charge in [0.1, 0.15) is 0 Å². The summed E-state index contributed by atoms with van der Waals surface area (Å²) in [6.07, 6.45) is 0.965. The standard InChI is InChI=1S/C18H37ClO3Si4/c1-23(2,3)20-25(7,8)22-26(9,21-24(4,5)6)15-14-17-10-12-18(16-19)13-11-17/h10-13H,14-16H2,1-9H3. The van der Waals surface area contributed by atoms with Crippen molar-refractivity contribution in [3.63, 3.8) is 0 Å². The average Bonchev–Trinajstić information content (AvgIpc) is 2.40. The molecule has 0 aliphatic carbocycles. The van der Waals surface area contributed by atoms with Gasteiger partial charge in [0.15, 0.2) is 16.6 Å². The topological polar surface area (TPSA) is 27.7 Å². The molecule has 150 valence electrons. The Kier molecular flexibility index (Phi) is 8.57. The van der Waals surface area contributed by atoms with Gasteiger partial charge in [0.25, 0.3) is 0 Å². The highest BCUT2D eigenvalue weighted by Gasteiger charge is 2.44. The van der Waals surface area contributed by atoms with E-state index in [1.54, 1.807) is 0 Å². The van der Waals surface area contributed by atoms with Crippen molar-refractivity contribution >= 4 is 45.4 Å². The molecule has 0 amide bonds. The molecule has 0 bridgehead atoms. The lowest BCUT2D eigenvalue weighted by Gasteiger charge is -2.41. The molecule has 0 saturated heterocycles. The summed E-state index contributed by atoms with van der Waals surface area (Å²) in [6.45, 7) is 19.9. The Morgan fingerprint density at radius 2 is 1.15 bits per heavy atom. The third kappa shape index (κ3) is 9.98. The maximum Gasteiger partial charge on any atom is 0.316 e. The van der Waals surface area contributed by atoms with E-state index < -0.39 is 33.8 Å². The Morgan fingerprint density at radius 1 is 0.692 bits per heavy atom. The Hall–Kier alpha value is 0.258. The van der Waals surface area contributed by atoms with Gasteiger partial charge in [0.05, 0.1) is 0 Å². The van der Waals surface area contributed by atoms with E-state index in [9.17, 15) is 0 Å². The molecule has 8 heteroatoms. The molecule has 1 aromatic rings. The Morgan fingerprint density at radius 3 is 1.58 bits per heavy atom. The highest BCUT2D eigenvalue weighted by molar-refractivity contribution is 6.89. The van der Waals surface area contributed by atoms with Crippen molar-refractivity contribution < 1.29 is 12.3 Å². The van der Waals surface area contributed by atoms with Crippen LogP contribution in [0, 0.1) is 0 Å². The predicted molar refractivity (Wildman–Crippen MR) is 124 cm³/mol. The van der Waals surface area contributed by atoms with Crippen molar-refractivity contribution in [1.29, 1.82) is 0 Å². The average molecular weight is 449 g/mol. The molecule has 0 aliphatic rings. The molecule has 1 atom stereocenters. The van der Waals surface area contributed by atoms with Gasteiger partial charge in [-0.3, -0.25) is 0 Å². The van der Waals surface area contributed by atoms with Crippen LogP contribution in [-0.2, 0) is 24.6 Å². The number of hydrogen-bond donors (Lipinski definition) is 0. The number of halogens is 1. The molecular formula is C18H37ClO3Si4. The minimum Gasteiger partial charge on any atom is -0.437 e. The second-order valence-corrected chi connectivity index (χ2v) is 26.2. The lowest BCUT2D eigenvalue weighted by molar-refractivity contribution is 0.323. The van der Waals surface area contributed by atoms with Crippen LogP contribution in [0.25, 0.3) is 0 Å². The van der Waals surface area contributed by atoms with Gasteiger partial charge in [-0.2, -0.15) is 0 Å². The lowest BCUT2D eigenvalue weighted by atomic mass is 10.1. The molecular weight excluding hydrogens is 412 g/mol. The molecule has 1 unspecified atom stereocenters. The molecule has 0 N–H and O–H groups in total. The van der Waals surface area contributed by atoms with E-state index in [4.69, 9.17) is 23.9 Å². The maximum atomic E-state index is 6.73. The van der Waals surface area contributed by atoms with Crippen LogP contribution in [0.2, 0.25) is 65.0 Å². The number of aryl methyl sites for hydroxylation is 1. The van der Waals surface area contributed by atoms with Crippen molar-refractivity contribution in [3.05, 3.63) is 35.4 Å². The van der Waals surface area contributed by atoms with E-state index in [1.807, 2.05) is 0 Å². The van der Waals surface area contributed by atoms with Crippen molar-refractivity contribution in [2.45, 2.75) is 77.3 Å². The Balaban J connectivity index is 2.90. The van der Waals surface area contributed by atoms with Crippen LogP contribution in [0.4, 0.5) is 0 Å². The van der Waals surface area contributed by atoms with Gasteiger partial charge < -0.3 is 12.3 Å². The molecule has 0 fully saturated rings. The molecule has 0 spiro atoms. The quantitative estimate of drug-likeness (QED) is 0.303. The monoisotopic (exact) mass is 448 g/mol. The van der Waals surface area contributed by atoms with Crippen LogP contribution in [0.1, 0.15) is 11.1 Å². The van der Waals surface area contributed by atoms with E-state index in [0.29, 0.717) is 5.88 Å². The largest absolute Gasteiger partial charge is 0.437 e. The van der Waals surface area contributed by atoms with Crippen LogP contribution in [-0.4, -0.2) is 33.8 Å². The fourth-order valence-corrected chi connectivity index (χ4v) is 21.3. The van der Waals surface area contributed by atoms with Crippen molar-refractivity contribution in [2.24, 2.45) is 0 Å². The van der Waals surface area contributed by atoms with Gasteiger partial charge in [0.2, 0.25) is 0 Å². The summed E-state index contributed by atoms with van der Waals surface area (Å²) in [7, 11) is -7.91. The van der Waals surface area contributed by atoms with Gasteiger partial charge >= 0.3 is 17.1 Å². The van der Waals surface area contributed by atoms with Crippen LogP contribution >= 0.6 is 11.6 Å². The van der Waals surface area contributed by atoms with E-state index >= 15 is 0 Å². The second-order valence-electron chi connectivity index (χ2n) is 9.51. The number of rotatable bonds is 10. The van der Waals surface area contributed by atoms with Gasteiger partial charge in [-0.1, -0.05) is 24.3 Å². The fourth-order valence-electron chi connectivity index (χ4n) is 3.22. The smallest absolute Gasteiger partial charge is 0.316 e. The predicted octanol–water partition coefficient (Wildman–Crippen LogP) is 6.46. The van der Waals surface area contributed by atoms with Crippen molar-refractivity contribution in [1.82, 2.24) is 0 Å². The maximum absolute atomic E-state index is 6.73. The fraction of sp³-hybridized carbons (Fsp3) is 0.667. The zero-order valence-corrected chi connectivity index (χ0v) is 22.8. The second kappa shape index (κ2) is 9.17. The molecule has 26 heavy (non-hydrogen) atoms. The number of benzene rings is 1. The van der Waals surface area contributed by atoms with Crippen LogP contribution in [0.3, 0.4) is 0 Å². The Bertz CT molecular complexity index is 567. The molecule has 0 radical (unpaired) electrons. The summed E-state index contributed by atoms with van der Waals surface area (Å²) in [5.74, 6) is 0.558. The minimum atomic E-state index is -2.33. The molecule has 0 aromatic heterocycles. The first-order valence-electron chi connectivity index (χ1n) is 9.37. The van der Waals surface area contributed by atoms with E-state index in [2.05, 4.69) is 83.2 Å². The zero-order valence-electron chi connectivity index (χ0n) is 18.0. The highest BCUT2D eigenvalue weighted by Crippen LogP contribution is 2.28. The third-order valence-electron chi connectivity index (χ3n) is 3.58. The van der Waals surface area contributed by atoms with E-state index in [0.717, 1.165) is 18.0 Å². The van der Waals surface area contributed by atoms with Gasteiger partial charge in [-0.05, 0) is 82.5 Å². The SMILES string of the molecule is C[Si](C)(C)O[Si](C)(C)O[Si](C)(CCc1ccc(CCl)cc1)O[Si](C)(C)C. The van der Waals surface area contributed by atoms with Gasteiger partial charge in [-0.15, -0.1) is 11.6 Å². The first kappa shape index (κ1) is 24.3. The van der Waals surface area contributed by atoms with Crippen LogP contribution in [0.15, 0.2) is 24.3 Å². The highest BCUT2D eigenvalue weighted by atomic mass is 35.5. The Labute approximate surface area is 170 Å². The summed E-state index contributed by atoms with van der Waals surface area (Å²) in [5, 5.41) is 0. The first-order chi connectivity index (χ1) is 11.6. The molecule has 3 nitrogen and oxygen atoms in total. The normalized spacial score (nSPS) is 15.8. The molecule has 0 saturated carbocycles. The summed E-state index contributed by atoms with van der Waals surface area (Å²) in [6, 6.07) is 9.50. The number of alkyl halides is 1. The van der Waals surface area contributed by atoms with E-state index in [-0.39, 0.29) is 0 Å². The summed E-state index contributed by atoms with van der Waals surface area (Å²) in [5.41, 5.74) is 2.47. The molecule has 1 aromatic carbocycles. The third-order valence-corrected chi connectivity index (χ3v) is 17.3. The molecule has 1 rings (SSSR count). The van der Waals surface area contributed by atoms with Gasteiger partial charge in [0, 0.05) is 5.88 Å². The summed E-state index contributed by atoms with van der Waals surface area (Å²) < 4.78 is 19.8. The number of hydrogen-bond acceptors (Lipinski definition) is 3. The van der Waals surface area contributed by atoms with Crippen molar-refractivity contribution in [3.8, 4) is 0 Å². The first-order valence-corrected chi connectivity index (χ1v) is 22.1. The summed E-state index contributed by atoms with van der Waals surface area (Å²) in [4.78, 5) is 0. The van der Waals surface area contributed by atoms with E-state index in [1.165, 1.54) is 5.56 Å². The summed E-state index contributed by atoms with van der Waals surface area (Å²) >= 11 is 5.89. The molecule has 0 aliphatic heterocycles. The zero-order chi connectivity index (χ0) is 20.2. The van der Waals surface area contributed by atoms with Crippen LogP contribution < -0.4 is 0 Å². The minimum absolute atomic E-state index is 0.558. The lowest BCUT2D eigenvalue weighted by Crippen LogP contribution is -2.57.